The second-order valence-corrected chi connectivity index (χ2v) is 7.32. The minimum atomic E-state index is -0.130. The number of carbonyl (C=O) groups excluding carboxylic acids is 2. The van der Waals surface area contributed by atoms with Crippen LogP contribution < -0.4 is 14.8 Å². The van der Waals surface area contributed by atoms with E-state index in [9.17, 15) is 9.59 Å². The second kappa shape index (κ2) is 7.92. The Morgan fingerprint density at radius 3 is 2.46 bits per heavy atom. The maximum absolute atomic E-state index is 13.3. The van der Waals surface area contributed by atoms with Crippen molar-refractivity contribution in [3.05, 3.63) is 53.6 Å². The highest BCUT2D eigenvalue weighted by Gasteiger charge is 2.28. The molecule has 0 aromatic heterocycles. The molecule has 1 fully saturated rings. The van der Waals surface area contributed by atoms with Gasteiger partial charge in [0.05, 0.1) is 0 Å². The first-order valence-corrected chi connectivity index (χ1v) is 9.67. The van der Waals surface area contributed by atoms with Gasteiger partial charge < -0.3 is 19.7 Å². The highest BCUT2D eigenvalue weighted by Crippen LogP contribution is 2.34. The van der Waals surface area contributed by atoms with Crippen LogP contribution in [0.2, 0.25) is 0 Å². The van der Waals surface area contributed by atoms with Crippen LogP contribution in [0, 0.1) is 0 Å². The summed E-state index contributed by atoms with van der Waals surface area (Å²) in [5.74, 6) is 1.36. The molecule has 2 aliphatic rings. The number of hydrogen-bond acceptors (Lipinski definition) is 4. The average molecular weight is 380 g/mol. The van der Waals surface area contributed by atoms with Gasteiger partial charge in [0.25, 0.3) is 5.91 Å². The SMILES string of the molecule is CC(=O)Nc1ccc(C(=O)N(Cc2ccc3c(c2)OCO3)C2CCCC2)cc1. The Morgan fingerprint density at radius 2 is 1.75 bits per heavy atom. The van der Waals surface area contributed by atoms with Gasteiger partial charge in [-0.25, -0.2) is 0 Å². The summed E-state index contributed by atoms with van der Waals surface area (Å²) >= 11 is 0. The largest absolute Gasteiger partial charge is 0.454 e. The Balaban J connectivity index is 1.55. The zero-order chi connectivity index (χ0) is 19.5. The Labute approximate surface area is 164 Å². The number of hydrogen-bond donors (Lipinski definition) is 1. The van der Waals surface area contributed by atoms with Crippen LogP contribution in [-0.4, -0.2) is 29.5 Å². The van der Waals surface area contributed by atoms with Crippen LogP contribution in [0.3, 0.4) is 0 Å². The lowest BCUT2D eigenvalue weighted by Crippen LogP contribution is -2.38. The van der Waals surface area contributed by atoms with Gasteiger partial charge in [-0.1, -0.05) is 18.9 Å². The first-order chi connectivity index (χ1) is 13.6. The number of anilines is 1. The molecule has 0 spiro atoms. The zero-order valence-corrected chi connectivity index (χ0v) is 15.9. The molecule has 1 N–H and O–H groups in total. The van der Waals surface area contributed by atoms with Gasteiger partial charge in [-0.2, -0.15) is 0 Å². The number of amides is 2. The lowest BCUT2D eigenvalue weighted by molar-refractivity contribution is -0.114. The van der Waals surface area contributed by atoms with Crippen LogP contribution in [0.25, 0.3) is 0 Å². The normalized spacial score (nSPS) is 15.5. The van der Waals surface area contributed by atoms with E-state index < -0.39 is 0 Å². The third-order valence-electron chi connectivity index (χ3n) is 5.27. The summed E-state index contributed by atoms with van der Waals surface area (Å²) in [5, 5.41) is 2.73. The van der Waals surface area contributed by atoms with E-state index in [4.69, 9.17) is 9.47 Å². The Morgan fingerprint density at radius 1 is 1.04 bits per heavy atom. The van der Waals surface area contributed by atoms with E-state index in [0.717, 1.165) is 42.7 Å². The maximum Gasteiger partial charge on any atom is 0.254 e. The van der Waals surface area contributed by atoms with Gasteiger partial charge >= 0.3 is 0 Å². The number of carbonyl (C=O) groups is 2. The van der Waals surface area contributed by atoms with Gasteiger partial charge in [0.1, 0.15) is 0 Å². The molecule has 2 aromatic carbocycles. The predicted octanol–water partition coefficient (Wildman–Crippen LogP) is 3.96. The lowest BCUT2D eigenvalue weighted by Gasteiger charge is -2.29. The Hall–Kier alpha value is -3.02. The summed E-state index contributed by atoms with van der Waals surface area (Å²) < 4.78 is 10.9. The van der Waals surface area contributed by atoms with Crippen molar-refractivity contribution < 1.29 is 19.1 Å². The van der Waals surface area contributed by atoms with Crippen molar-refractivity contribution in [1.29, 1.82) is 0 Å². The van der Waals surface area contributed by atoms with E-state index in [0.29, 0.717) is 17.8 Å². The van der Waals surface area contributed by atoms with Crippen LogP contribution in [0.1, 0.15) is 48.5 Å². The predicted molar refractivity (Wildman–Crippen MR) is 105 cm³/mol. The monoisotopic (exact) mass is 380 g/mol. The molecule has 0 radical (unpaired) electrons. The van der Waals surface area contributed by atoms with Gasteiger partial charge in [-0.3, -0.25) is 9.59 Å². The molecule has 146 valence electrons. The fourth-order valence-corrected chi connectivity index (χ4v) is 3.88. The molecule has 0 bridgehead atoms. The van der Waals surface area contributed by atoms with Gasteiger partial charge in [0, 0.05) is 30.8 Å². The highest BCUT2D eigenvalue weighted by molar-refractivity contribution is 5.95. The van der Waals surface area contributed by atoms with Crippen molar-refractivity contribution in [2.45, 2.75) is 45.2 Å². The third-order valence-corrected chi connectivity index (χ3v) is 5.27. The van der Waals surface area contributed by atoms with Crippen molar-refractivity contribution in [3.8, 4) is 11.5 Å². The van der Waals surface area contributed by atoms with Gasteiger partial charge in [0.2, 0.25) is 12.7 Å². The molecule has 0 saturated heterocycles. The molecule has 6 heteroatoms. The van der Waals surface area contributed by atoms with Gasteiger partial charge in [0.15, 0.2) is 11.5 Å². The number of nitrogens with one attached hydrogen (secondary N) is 1. The molecule has 6 nitrogen and oxygen atoms in total. The van der Waals surface area contributed by atoms with E-state index in [1.807, 2.05) is 23.1 Å². The minimum absolute atomic E-state index is 0.0129. The molecular formula is C22H24N2O4. The van der Waals surface area contributed by atoms with Crippen molar-refractivity contribution in [1.82, 2.24) is 4.90 Å². The van der Waals surface area contributed by atoms with Crippen molar-refractivity contribution in [3.63, 3.8) is 0 Å². The van der Waals surface area contributed by atoms with Crippen LogP contribution >= 0.6 is 0 Å². The molecule has 1 saturated carbocycles. The standard InChI is InChI=1S/C22H24N2O4/c1-15(25)23-18-9-7-17(8-10-18)22(26)24(19-4-2-3-5-19)13-16-6-11-20-21(12-16)28-14-27-20/h6-12,19H,2-5,13-14H2,1H3,(H,23,25). The van der Waals surface area contributed by atoms with Crippen molar-refractivity contribution in [2.24, 2.45) is 0 Å². The maximum atomic E-state index is 13.3. The van der Waals surface area contributed by atoms with Gasteiger partial charge in [-0.05, 0) is 54.8 Å². The number of benzene rings is 2. The summed E-state index contributed by atoms with van der Waals surface area (Å²) in [7, 11) is 0. The van der Waals surface area contributed by atoms with Crippen LogP contribution in [-0.2, 0) is 11.3 Å². The lowest BCUT2D eigenvalue weighted by atomic mass is 10.1. The number of fused-ring (bicyclic) bond motifs is 1. The number of rotatable bonds is 5. The zero-order valence-electron chi connectivity index (χ0n) is 15.9. The fourth-order valence-electron chi connectivity index (χ4n) is 3.88. The summed E-state index contributed by atoms with van der Waals surface area (Å²) in [5.41, 5.74) is 2.34. The first kappa shape index (κ1) is 18.3. The molecular weight excluding hydrogens is 356 g/mol. The highest BCUT2D eigenvalue weighted by atomic mass is 16.7. The second-order valence-electron chi connectivity index (χ2n) is 7.32. The summed E-state index contributed by atoms with van der Waals surface area (Å²) in [6, 6.07) is 13.2. The minimum Gasteiger partial charge on any atom is -0.454 e. The molecule has 1 heterocycles. The van der Waals surface area contributed by atoms with Gasteiger partial charge in [-0.15, -0.1) is 0 Å². The van der Waals surface area contributed by atoms with Crippen molar-refractivity contribution >= 4 is 17.5 Å². The third kappa shape index (κ3) is 3.96. The van der Waals surface area contributed by atoms with E-state index in [1.54, 1.807) is 24.3 Å². The summed E-state index contributed by atoms with van der Waals surface area (Å²) in [6.45, 7) is 2.24. The Kier molecular flexibility index (Phi) is 5.19. The Bertz CT molecular complexity index is 873. The van der Waals surface area contributed by atoms with E-state index in [1.165, 1.54) is 6.92 Å². The van der Waals surface area contributed by atoms with Crippen molar-refractivity contribution in [2.75, 3.05) is 12.1 Å². The molecule has 2 aromatic rings. The summed E-state index contributed by atoms with van der Waals surface area (Å²) in [6.07, 6.45) is 4.36. The molecule has 0 unspecified atom stereocenters. The van der Waals surface area contributed by atoms with E-state index in [2.05, 4.69) is 5.32 Å². The molecule has 1 aliphatic heterocycles. The van der Waals surface area contributed by atoms with E-state index in [-0.39, 0.29) is 24.6 Å². The fraction of sp³-hybridized carbons (Fsp3) is 0.364. The molecule has 2 amide bonds. The topological polar surface area (TPSA) is 67.9 Å². The summed E-state index contributed by atoms with van der Waals surface area (Å²) in [4.78, 5) is 26.4. The van der Waals surface area contributed by atoms with Crippen LogP contribution in [0.5, 0.6) is 11.5 Å². The molecule has 1 aliphatic carbocycles. The average Bonchev–Trinajstić information content (AvgIpc) is 3.37. The number of ether oxygens (including phenoxy) is 2. The first-order valence-electron chi connectivity index (χ1n) is 9.67. The molecule has 4 rings (SSSR count). The molecule has 0 atom stereocenters. The number of nitrogens with zero attached hydrogens (tertiary/aromatic N) is 1. The van der Waals surface area contributed by atoms with E-state index >= 15 is 0 Å². The molecule has 28 heavy (non-hydrogen) atoms. The van der Waals surface area contributed by atoms with Crippen LogP contribution in [0.15, 0.2) is 42.5 Å². The quantitative estimate of drug-likeness (QED) is 0.853. The smallest absolute Gasteiger partial charge is 0.254 e. The van der Waals surface area contributed by atoms with Crippen LogP contribution in [0.4, 0.5) is 5.69 Å².